The maximum atomic E-state index is 6.18. The van der Waals surface area contributed by atoms with E-state index in [0.29, 0.717) is 21.5 Å². The van der Waals surface area contributed by atoms with Gasteiger partial charge in [0, 0.05) is 26.6 Å². The number of benzene rings is 2. The van der Waals surface area contributed by atoms with Crippen LogP contribution in [-0.2, 0) is 0 Å². The van der Waals surface area contributed by atoms with Crippen LogP contribution < -0.4 is 9.47 Å². The van der Waals surface area contributed by atoms with Gasteiger partial charge in [0.05, 0.1) is 19.9 Å². The Kier molecular flexibility index (Phi) is 5.63. The Morgan fingerprint density at radius 3 is 2.36 bits per heavy atom. The number of ether oxygens (including phenoxy) is 2. The molecular formula is C19H15Cl2NO2S. The van der Waals surface area contributed by atoms with Gasteiger partial charge in [-0.2, -0.15) is 0 Å². The number of aromatic nitrogens is 1. The highest BCUT2D eigenvalue weighted by Crippen LogP contribution is 2.33. The van der Waals surface area contributed by atoms with E-state index in [4.69, 9.17) is 32.7 Å². The highest BCUT2D eigenvalue weighted by Gasteiger charge is 2.09. The third kappa shape index (κ3) is 3.98. The van der Waals surface area contributed by atoms with Gasteiger partial charge in [0.2, 0.25) is 0 Å². The van der Waals surface area contributed by atoms with Crippen LogP contribution in [0.1, 0.15) is 10.6 Å². The fraction of sp³-hybridized carbons (Fsp3) is 0.105. The van der Waals surface area contributed by atoms with E-state index in [1.54, 1.807) is 25.6 Å². The lowest BCUT2D eigenvalue weighted by molar-refractivity contribution is 0.355. The Bertz CT molecular complexity index is 901. The van der Waals surface area contributed by atoms with E-state index >= 15 is 0 Å². The number of hydrogen-bond acceptors (Lipinski definition) is 4. The zero-order chi connectivity index (χ0) is 17.8. The van der Waals surface area contributed by atoms with Crippen LogP contribution in [0.3, 0.4) is 0 Å². The third-order valence-corrected chi connectivity index (χ3v) is 5.06. The summed E-state index contributed by atoms with van der Waals surface area (Å²) in [7, 11) is 3.23. The molecule has 6 heteroatoms. The molecule has 0 amide bonds. The van der Waals surface area contributed by atoms with Crippen LogP contribution in [0.4, 0.5) is 0 Å². The average Bonchev–Trinajstić information content (AvgIpc) is 3.09. The summed E-state index contributed by atoms with van der Waals surface area (Å²) in [6, 6.07) is 11.2. The predicted molar refractivity (Wildman–Crippen MR) is 106 cm³/mol. The molecule has 0 aliphatic rings. The first-order valence-corrected chi connectivity index (χ1v) is 9.06. The number of rotatable bonds is 5. The van der Waals surface area contributed by atoms with Crippen LogP contribution in [0.2, 0.25) is 10.0 Å². The van der Waals surface area contributed by atoms with Crippen molar-refractivity contribution in [3.63, 3.8) is 0 Å². The smallest absolute Gasteiger partial charge is 0.161 e. The fourth-order valence-corrected chi connectivity index (χ4v) is 3.56. The maximum Gasteiger partial charge on any atom is 0.161 e. The first-order valence-electron chi connectivity index (χ1n) is 7.42. The lowest BCUT2D eigenvalue weighted by Gasteiger charge is -2.08. The molecule has 0 unspecified atom stereocenters. The molecule has 128 valence electrons. The molecule has 3 nitrogen and oxygen atoms in total. The zero-order valence-electron chi connectivity index (χ0n) is 13.6. The molecule has 25 heavy (non-hydrogen) atoms. The van der Waals surface area contributed by atoms with Crippen molar-refractivity contribution in [3.8, 4) is 22.8 Å². The van der Waals surface area contributed by atoms with Crippen molar-refractivity contribution < 1.29 is 9.47 Å². The second-order valence-electron chi connectivity index (χ2n) is 5.11. The van der Waals surface area contributed by atoms with E-state index in [-0.39, 0.29) is 0 Å². The highest BCUT2D eigenvalue weighted by molar-refractivity contribution is 7.10. The van der Waals surface area contributed by atoms with Crippen LogP contribution in [0, 0.1) is 0 Å². The molecule has 0 atom stereocenters. The van der Waals surface area contributed by atoms with Gasteiger partial charge in [0.15, 0.2) is 11.5 Å². The summed E-state index contributed by atoms with van der Waals surface area (Å²) in [5.41, 5.74) is 2.62. The lowest BCUT2D eigenvalue weighted by atomic mass is 10.1. The first-order chi connectivity index (χ1) is 12.1. The minimum absolute atomic E-state index is 0.612. The molecule has 0 aliphatic heterocycles. The molecule has 0 radical (unpaired) electrons. The summed E-state index contributed by atoms with van der Waals surface area (Å²) in [6.45, 7) is 0. The average molecular weight is 392 g/mol. The minimum atomic E-state index is 0.612. The summed E-state index contributed by atoms with van der Waals surface area (Å²) in [5.74, 6) is 1.36. The van der Waals surface area contributed by atoms with Gasteiger partial charge in [-0.1, -0.05) is 29.3 Å². The van der Waals surface area contributed by atoms with Gasteiger partial charge < -0.3 is 9.47 Å². The van der Waals surface area contributed by atoms with E-state index in [1.807, 2.05) is 53.9 Å². The second kappa shape index (κ2) is 7.91. The van der Waals surface area contributed by atoms with Crippen molar-refractivity contribution in [2.24, 2.45) is 0 Å². The molecule has 3 aromatic rings. The largest absolute Gasteiger partial charge is 0.493 e. The molecule has 1 heterocycles. The van der Waals surface area contributed by atoms with Gasteiger partial charge in [-0.25, -0.2) is 4.98 Å². The van der Waals surface area contributed by atoms with E-state index < -0.39 is 0 Å². The van der Waals surface area contributed by atoms with Crippen LogP contribution >= 0.6 is 34.5 Å². The van der Waals surface area contributed by atoms with Crippen LogP contribution in [-0.4, -0.2) is 19.2 Å². The Labute approximate surface area is 160 Å². The van der Waals surface area contributed by atoms with Crippen molar-refractivity contribution in [1.29, 1.82) is 0 Å². The Morgan fingerprint density at radius 2 is 1.68 bits per heavy atom. The molecule has 0 N–H and O–H groups in total. The number of nitrogens with zero attached hydrogens (tertiary/aromatic N) is 1. The summed E-state index contributed by atoms with van der Waals surface area (Å²) in [4.78, 5) is 4.63. The molecule has 3 rings (SSSR count). The van der Waals surface area contributed by atoms with Gasteiger partial charge in [-0.15, -0.1) is 11.3 Å². The van der Waals surface area contributed by atoms with E-state index in [9.17, 15) is 0 Å². The summed E-state index contributed by atoms with van der Waals surface area (Å²) < 4.78 is 10.6. The van der Waals surface area contributed by atoms with Crippen molar-refractivity contribution >= 4 is 46.7 Å². The van der Waals surface area contributed by atoms with Gasteiger partial charge in [-0.3, -0.25) is 0 Å². The predicted octanol–water partition coefficient (Wildman–Crippen LogP) is 6.30. The Balaban J connectivity index is 1.87. The molecule has 2 aromatic carbocycles. The molecule has 0 saturated carbocycles. The lowest BCUT2D eigenvalue weighted by Crippen LogP contribution is -1.90. The van der Waals surface area contributed by atoms with Gasteiger partial charge >= 0.3 is 0 Å². The molecule has 0 bridgehead atoms. The Morgan fingerprint density at radius 1 is 0.960 bits per heavy atom. The molecular weight excluding hydrogens is 377 g/mol. The number of hydrogen-bond donors (Lipinski definition) is 0. The van der Waals surface area contributed by atoms with Crippen LogP contribution in [0.5, 0.6) is 11.5 Å². The van der Waals surface area contributed by atoms with E-state index in [2.05, 4.69) is 4.98 Å². The first kappa shape index (κ1) is 17.8. The number of methoxy groups -OCH3 is 2. The SMILES string of the molecule is COc1ccc(-c2csc(/C=C/c3c(Cl)cccc3Cl)n2)cc1OC. The fourth-order valence-electron chi connectivity index (χ4n) is 2.32. The summed E-state index contributed by atoms with van der Waals surface area (Å²) in [5, 5.41) is 4.08. The molecule has 0 saturated heterocycles. The van der Waals surface area contributed by atoms with Crippen molar-refractivity contribution in [2.45, 2.75) is 0 Å². The van der Waals surface area contributed by atoms with Gasteiger partial charge in [0.1, 0.15) is 5.01 Å². The maximum absolute atomic E-state index is 6.18. The molecule has 0 aliphatic carbocycles. The second-order valence-corrected chi connectivity index (χ2v) is 6.81. The van der Waals surface area contributed by atoms with E-state index in [1.165, 1.54) is 0 Å². The monoisotopic (exact) mass is 391 g/mol. The highest BCUT2D eigenvalue weighted by atomic mass is 35.5. The normalized spacial score (nSPS) is 11.0. The quantitative estimate of drug-likeness (QED) is 0.510. The third-order valence-electron chi connectivity index (χ3n) is 3.59. The zero-order valence-corrected chi connectivity index (χ0v) is 16.0. The standard InChI is InChI=1S/C19H15Cl2NO2S/c1-23-17-8-6-12(10-18(17)24-2)16-11-25-19(22-16)9-7-13-14(20)4-3-5-15(13)21/h3-11H,1-2H3/b9-7+. The summed E-state index contributed by atoms with van der Waals surface area (Å²) >= 11 is 13.9. The topological polar surface area (TPSA) is 31.4 Å². The summed E-state index contributed by atoms with van der Waals surface area (Å²) in [6.07, 6.45) is 3.78. The number of halogens is 2. The van der Waals surface area contributed by atoms with Crippen molar-refractivity contribution in [3.05, 3.63) is 62.4 Å². The van der Waals surface area contributed by atoms with Gasteiger partial charge in [0.25, 0.3) is 0 Å². The van der Waals surface area contributed by atoms with Crippen molar-refractivity contribution in [2.75, 3.05) is 14.2 Å². The van der Waals surface area contributed by atoms with Crippen LogP contribution in [0.15, 0.2) is 41.8 Å². The molecule has 0 fully saturated rings. The van der Waals surface area contributed by atoms with Crippen LogP contribution in [0.25, 0.3) is 23.4 Å². The van der Waals surface area contributed by atoms with Crippen molar-refractivity contribution in [1.82, 2.24) is 4.98 Å². The number of thiazole rings is 1. The van der Waals surface area contributed by atoms with E-state index in [0.717, 1.165) is 21.8 Å². The minimum Gasteiger partial charge on any atom is -0.493 e. The molecule has 0 spiro atoms. The van der Waals surface area contributed by atoms with Gasteiger partial charge in [-0.05, 0) is 42.5 Å². The molecule has 1 aromatic heterocycles. The Hall–Kier alpha value is -2.01.